The molecule has 2 aromatic rings. The number of primary amides is 1. The van der Waals surface area contributed by atoms with Crippen LogP contribution >= 0.6 is 23.2 Å². The Balaban J connectivity index is 1.10. The maximum Gasteiger partial charge on any atom is 0.248 e. The lowest BCUT2D eigenvalue weighted by Crippen LogP contribution is -2.37. The lowest BCUT2D eigenvalue weighted by atomic mass is 9.76. The molecule has 210 valence electrons. The van der Waals surface area contributed by atoms with Gasteiger partial charge in [-0.2, -0.15) is 0 Å². The highest BCUT2D eigenvalue weighted by Crippen LogP contribution is 2.40. The summed E-state index contributed by atoms with van der Waals surface area (Å²) in [6.45, 7) is 6.22. The topological polar surface area (TPSA) is 75.9 Å². The van der Waals surface area contributed by atoms with Crippen LogP contribution in [0.15, 0.2) is 36.4 Å². The molecule has 1 saturated carbocycles. The standard InChI is InChI=1S/C31H39Cl2N3O3/c32-24-5-7-27(29(33)19-24)30(37)23-10-13-35(14-11-23)12-9-21-1-3-22(4-2-21)28-20-25(6-8-26(28)31(34)38)36-15-17-39-18-16-36/h5-8,19-23H,1-4,9-18H2,(H2,34,38). The molecule has 0 unspecified atom stereocenters. The molecule has 2 aliphatic heterocycles. The van der Waals surface area contributed by atoms with Crippen LogP contribution in [0.1, 0.15) is 77.1 Å². The summed E-state index contributed by atoms with van der Waals surface area (Å²) in [5.41, 5.74) is 9.32. The van der Waals surface area contributed by atoms with E-state index in [0.29, 0.717) is 33.0 Å². The summed E-state index contributed by atoms with van der Waals surface area (Å²) >= 11 is 12.3. The number of rotatable bonds is 8. The van der Waals surface area contributed by atoms with Crippen molar-refractivity contribution in [2.45, 2.75) is 50.9 Å². The van der Waals surface area contributed by atoms with Crippen molar-refractivity contribution in [2.24, 2.45) is 17.6 Å². The molecule has 1 aliphatic carbocycles. The first-order valence-corrected chi connectivity index (χ1v) is 15.1. The predicted octanol–water partition coefficient (Wildman–Crippen LogP) is 6.19. The number of morpholine rings is 1. The minimum Gasteiger partial charge on any atom is -0.378 e. The number of ketones is 1. The highest BCUT2D eigenvalue weighted by atomic mass is 35.5. The number of nitrogens with zero attached hydrogens (tertiary/aromatic N) is 2. The van der Waals surface area contributed by atoms with Crippen LogP contribution in [0.2, 0.25) is 10.0 Å². The third kappa shape index (κ3) is 6.97. The van der Waals surface area contributed by atoms with Crippen molar-refractivity contribution < 1.29 is 14.3 Å². The van der Waals surface area contributed by atoms with Crippen molar-refractivity contribution in [3.05, 3.63) is 63.1 Å². The number of piperidine rings is 1. The van der Waals surface area contributed by atoms with Gasteiger partial charge in [-0.05, 0) is 118 Å². The van der Waals surface area contributed by atoms with E-state index in [1.807, 2.05) is 12.1 Å². The molecule has 8 heteroatoms. The van der Waals surface area contributed by atoms with E-state index in [-0.39, 0.29) is 17.6 Å². The minimum absolute atomic E-state index is 0.0306. The summed E-state index contributed by atoms with van der Waals surface area (Å²) in [7, 11) is 0. The van der Waals surface area contributed by atoms with Gasteiger partial charge in [0.2, 0.25) is 5.91 Å². The van der Waals surface area contributed by atoms with Crippen LogP contribution in [0.4, 0.5) is 5.69 Å². The summed E-state index contributed by atoms with van der Waals surface area (Å²) in [4.78, 5) is 30.1. The van der Waals surface area contributed by atoms with Gasteiger partial charge in [-0.3, -0.25) is 9.59 Å². The SMILES string of the molecule is NC(=O)c1ccc(N2CCOCC2)cc1C1CCC(CCN2CCC(C(=O)c3ccc(Cl)cc3Cl)CC2)CC1. The largest absolute Gasteiger partial charge is 0.378 e. The smallest absolute Gasteiger partial charge is 0.248 e. The lowest BCUT2D eigenvalue weighted by molar-refractivity contribution is 0.0832. The first-order chi connectivity index (χ1) is 18.9. The molecule has 0 atom stereocenters. The molecule has 0 spiro atoms. The number of anilines is 1. The molecule has 0 radical (unpaired) electrons. The van der Waals surface area contributed by atoms with Crippen molar-refractivity contribution in [3.8, 4) is 0 Å². The second-order valence-corrected chi connectivity index (χ2v) is 12.2. The fourth-order valence-corrected chi connectivity index (χ4v) is 7.09. The van der Waals surface area contributed by atoms with Crippen LogP contribution in [0.25, 0.3) is 0 Å². The summed E-state index contributed by atoms with van der Waals surface area (Å²) in [6.07, 6.45) is 7.47. The molecular formula is C31H39Cl2N3O3. The van der Waals surface area contributed by atoms with E-state index in [1.165, 1.54) is 24.9 Å². The summed E-state index contributed by atoms with van der Waals surface area (Å²) < 4.78 is 5.51. The Hall–Kier alpha value is -2.12. The molecule has 3 fully saturated rings. The Morgan fingerprint density at radius 1 is 0.872 bits per heavy atom. The zero-order valence-corrected chi connectivity index (χ0v) is 24.1. The highest BCUT2D eigenvalue weighted by molar-refractivity contribution is 6.36. The number of benzene rings is 2. The molecule has 2 aromatic carbocycles. The fraction of sp³-hybridized carbons (Fsp3) is 0.548. The van der Waals surface area contributed by atoms with Crippen LogP contribution in [-0.4, -0.2) is 62.5 Å². The second-order valence-electron chi connectivity index (χ2n) is 11.3. The van der Waals surface area contributed by atoms with Crippen LogP contribution in [0, 0.1) is 11.8 Å². The number of ether oxygens (including phenoxy) is 1. The number of amides is 1. The maximum atomic E-state index is 13.0. The van der Waals surface area contributed by atoms with Crippen molar-refractivity contribution in [3.63, 3.8) is 0 Å². The van der Waals surface area contributed by atoms with E-state index < -0.39 is 0 Å². The van der Waals surface area contributed by atoms with E-state index in [4.69, 9.17) is 33.7 Å². The molecule has 0 aromatic heterocycles. The number of hydrogen-bond acceptors (Lipinski definition) is 5. The van der Waals surface area contributed by atoms with Crippen LogP contribution < -0.4 is 10.6 Å². The molecule has 2 heterocycles. The van der Waals surface area contributed by atoms with Crippen LogP contribution in [0.3, 0.4) is 0 Å². The average Bonchev–Trinajstić information content (AvgIpc) is 2.96. The number of carbonyl (C=O) groups excluding carboxylic acids is 2. The van der Waals surface area contributed by atoms with Gasteiger partial charge in [0.25, 0.3) is 0 Å². The zero-order chi connectivity index (χ0) is 27.4. The van der Waals surface area contributed by atoms with Crippen molar-refractivity contribution in [1.82, 2.24) is 4.90 Å². The molecule has 2 N–H and O–H groups in total. The molecule has 6 nitrogen and oxygen atoms in total. The van der Waals surface area contributed by atoms with Gasteiger partial charge in [-0.1, -0.05) is 23.2 Å². The van der Waals surface area contributed by atoms with Gasteiger partial charge in [-0.15, -0.1) is 0 Å². The van der Waals surface area contributed by atoms with Gasteiger partial charge in [0.1, 0.15) is 0 Å². The van der Waals surface area contributed by atoms with Gasteiger partial charge in [0.15, 0.2) is 5.78 Å². The molecule has 3 aliphatic rings. The first kappa shape index (κ1) is 28.4. The van der Waals surface area contributed by atoms with E-state index >= 15 is 0 Å². The minimum atomic E-state index is -0.333. The van der Waals surface area contributed by atoms with Gasteiger partial charge in [0, 0.05) is 40.8 Å². The molecule has 0 bridgehead atoms. The molecular weight excluding hydrogens is 533 g/mol. The third-order valence-corrected chi connectivity index (χ3v) is 9.52. The van der Waals surface area contributed by atoms with E-state index in [1.54, 1.807) is 18.2 Å². The van der Waals surface area contributed by atoms with E-state index in [2.05, 4.69) is 15.9 Å². The molecule has 39 heavy (non-hydrogen) atoms. The Labute approximate surface area is 241 Å². The van der Waals surface area contributed by atoms with Crippen LogP contribution in [-0.2, 0) is 4.74 Å². The number of nitrogens with two attached hydrogens (primary N) is 1. The molecule has 2 saturated heterocycles. The normalized spacial score (nSPS) is 23.1. The second kappa shape index (κ2) is 13.0. The lowest BCUT2D eigenvalue weighted by Gasteiger charge is -2.35. The number of likely N-dealkylation sites (tertiary alicyclic amines) is 1. The van der Waals surface area contributed by atoms with Crippen molar-refractivity contribution in [1.29, 1.82) is 0 Å². The number of carbonyl (C=O) groups is 2. The molecule has 1 amide bonds. The third-order valence-electron chi connectivity index (χ3n) is 8.97. The summed E-state index contributed by atoms with van der Waals surface area (Å²) in [5.74, 6) is 0.922. The van der Waals surface area contributed by atoms with Gasteiger partial charge >= 0.3 is 0 Å². The Bertz CT molecular complexity index is 1170. The zero-order valence-electron chi connectivity index (χ0n) is 22.5. The predicted molar refractivity (Wildman–Crippen MR) is 157 cm³/mol. The van der Waals surface area contributed by atoms with E-state index in [0.717, 1.165) is 77.2 Å². The van der Waals surface area contributed by atoms with Crippen LogP contribution in [0.5, 0.6) is 0 Å². The van der Waals surface area contributed by atoms with Crippen molar-refractivity contribution in [2.75, 3.05) is 50.8 Å². The van der Waals surface area contributed by atoms with Gasteiger partial charge in [-0.25, -0.2) is 0 Å². The number of hydrogen-bond donors (Lipinski definition) is 1. The number of halogens is 2. The highest BCUT2D eigenvalue weighted by Gasteiger charge is 2.29. The fourth-order valence-electron chi connectivity index (χ4n) is 6.59. The Morgan fingerprint density at radius 2 is 1.56 bits per heavy atom. The monoisotopic (exact) mass is 571 g/mol. The summed E-state index contributed by atoms with van der Waals surface area (Å²) in [5, 5.41) is 0.997. The van der Waals surface area contributed by atoms with Gasteiger partial charge in [0.05, 0.1) is 18.2 Å². The maximum absolute atomic E-state index is 13.0. The number of Topliss-reactive ketones (excluding diaryl/α,β-unsaturated/α-hetero) is 1. The quantitative estimate of drug-likeness (QED) is 0.382. The average molecular weight is 573 g/mol. The molecule has 5 rings (SSSR count). The van der Waals surface area contributed by atoms with E-state index in [9.17, 15) is 9.59 Å². The van der Waals surface area contributed by atoms with Gasteiger partial charge < -0.3 is 20.3 Å². The Kier molecular flexibility index (Phi) is 9.49. The Morgan fingerprint density at radius 3 is 2.23 bits per heavy atom. The first-order valence-electron chi connectivity index (χ1n) is 14.4. The summed E-state index contributed by atoms with van der Waals surface area (Å²) in [6, 6.07) is 11.3. The van der Waals surface area contributed by atoms with Crippen molar-refractivity contribution >= 4 is 40.6 Å².